The van der Waals surface area contributed by atoms with Gasteiger partial charge in [-0.3, -0.25) is 14.9 Å². The van der Waals surface area contributed by atoms with Gasteiger partial charge in [-0.1, -0.05) is 0 Å². The van der Waals surface area contributed by atoms with E-state index >= 15 is 0 Å². The maximum Gasteiger partial charge on any atom is 0.335 e. The standard InChI is InChI=1S/C19H24N6O6S/c1-5-25(6-2)17(27)14-8-7-13(20-11-26)10-15(14)32(29,30)24-19(28)23-18-21-12(3)9-16(22-18)31-4/h7-11H,5-6H2,1-4H3,(H,20,26)(H2,21,22,23,24,28). The van der Waals surface area contributed by atoms with Crippen LogP contribution in [0, 0.1) is 6.92 Å². The van der Waals surface area contributed by atoms with E-state index in [0.29, 0.717) is 25.2 Å². The largest absolute Gasteiger partial charge is 0.481 e. The van der Waals surface area contributed by atoms with Gasteiger partial charge in [0.1, 0.15) is 4.90 Å². The lowest BCUT2D eigenvalue weighted by Gasteiger charge is -2.21. The van der Waals surface area contributed by atoms with Gasteiger partial charge in [0.2, 0.25) is 18.2 Å². The van der Waals surface area contributed by atoms with Gasteiger partial charge >= 0.3 is 6.03 Å². The van der Waals surface area contributed by atoms with Gasteiger partial charge < -0.3 is 15.0 Å². The van der Waals surface area contributed by atoms with Crippen molar-refractivity contribution >= 4 is 40.0 Å². The average Bonchev–Trinajstić information content (AvgIpc) is 2.73. The summed E-state index contributed by atoms with van der Waals surface area (Å²) >= 11 is 0. The molecule has 0 radical (unpaired) electrons. The number of amides is 4. The van der Waals surface area contributed by atoms with E-state index in [0.717, 1.165) is 6.07 Å². The summed E-state index contributed by atoms with van der Waals surface area (Å²) in [6.45, 7) is 5.84. The zero-order chi connectivity index (χ0) is 23.9. The normalized spacial score (nSPS) is 10.8. The number of hydrogen-bond donors (Lipinski definition) is 3. The number of anilines is 2. The number of benzene rings is 1. The molecule has 3 N–H and O–H groups in total. The minimum absolute atomic E-state index is 0.128. The van der Waals surface area contributed by atoms with E-state index in [1.807, 2.05) is 4.72 Å². The number of ether oxygens (including phenoxy) is 1. The van der Waals surface area contributed by atoms with E-state index in [2.05, 4.69) is 20.6 Å². The van der Waals surface area contributed by atoms with Gasteiger partial charge in [-0.15, -0.1) is 0 Å². The van der Waals surface area contributed by atoms with E-state index in [1.54, 1.807) is 20.8 Å². The van der Waals surface area contributed by atoms with Gasteiger partial charge in [0.15, 0.2) is 0 Å². The van der Waals surface area contributed by atoms with Gasteiger partial charge in [-0.2, -0.15) is 4.98 Å². The van der Waals surface area contributed by atoms with Crippen molar-refractivity contribution in [2.24, 2.45) is 0 Å². The fourth-order valence-corrected chi connectivity index (χ4v) is 3.90. The minimum atomic E-state index is -4.52. The number of carbonyl (C=O) groups excluding carboxylic acids is 3. The van der Waals surface area contributed by atoms with Crippen LogP contribution >= 0.6 is 0 Å². The summed E-state index contributed by atoms with van der Waals surface area (Å²) in [5.41, 5.74) is 0.456. The predicted octanol–water partition coefficient (Wildman–Crippen LogP) is 1.35. The number of methoxy groups -OCH3 is 1. The Labute approximate surface area is 185 Å². The second-order valence-electron chi connectivity index (χ2n) is 6.39. The topological polar surface area (TPSA) is 160 Å². The van der Waals surface area contributed by atoms with Crippen molar-refractivity contribution in [3.05, 3.63) is 35.5 Å². The Balaban J connectivity index is 2.39. The summed E-state index contributed by atoms with van der Waals surface area (Å²) in [6.07, 6.45) is 0.361. The molecule has 0 fully saturated rings. The number of nitrogens with zero attached hydrogens (tertiary/aromatic N) is 3. The van der Waals surface area contributed by atoms with Crippen LogP contribution in [0.15, 0.2) is 29.2 Å². The highest BCUT2D eigenvalue weighted by atomic mass is 32.2. The number of carbonyl (C=O) groups is 3. The van der Waals surface area contributed by atoms with Crippen LogP contribution in [0.1, 0.15) is 29.9 Å². The highest BCUT2D eigenvalue weighted by molar-refractivity contribution is 7.90. The van der Waals surface area contributed by atoms with Crippen LogP contribution in [0.5, 0.6) is 5.88 Å². The molecular weight excluding hydrogens is 440 g/mol. The zero-order valence-electron chi connectivity index (χ0n) is 18.0. The van der Waals surface area contributed by atoms with Gasteiger partial charge in [0.25, 0.3) is 15.9 Å². The van der Waals surface area contributed by atoms with Crippen LogP contribution in [0.3, 0.4) is 0 Å². The number of aromatic nitrogens is 2. The van der Waals surface area contributed by atoms with E-state index < -0.39 is 26.9 Å². The second kappa shape index (κ2) is 10.5. The number of hydrogen-bond acceptors (Lipinski definition) is 8. The minimum Gasteiger partial charge on any atom is -0.481 e. The number of aryl methyl sites for hydroxylation is 1. The molecule has 1 aromatic carbocycles. The molecular formula is C19H24N6O6S. The maximum absolute atomic E-state index is 13.0. The molecule has 0 atom stereocenters. The highest BCUT2D eigenvalue weighted by Gasteiger charge is 2.27. The smallest absolute Gasteiger partial charge is 0.335 e. The molecule has 0 saturated carbocycles. The van der Waals surface area contributed by atoms with Crippen molar-refractivity contribution in [3.63, 3.8) is 0 Å². The summed E-state index contributed by atoms with van der Waals surface area (Å²) in [6, 6.07) is 4.13. The van der Waals surface area contributed by atoms with Crippen LogP contribution in [0.25, 0.3) is 0 Å². The summed E-state index contributed by atoms with van der Waals surface area (Å²) < 4.78 is 32.8. The molecule has 1 aromatic heterocycles. The van der Waals surface area contributed by atoms with Crippen molar-refractivity contribution in [3.8, 4) is 5.88 Å². The van der Waals surface area contributed by atoms with Gasteiger partial charge in [-0.05, 0) is 39.0 Å². The lowest BCUT2D eigenvalue weighted by Crippen LogP contribution is -2.37. The fourth-order valence-electron chi connectivity index (χ4n) is 2.76. The van der Waals surface area contributed by atoms with E-state index in [1.165, 1.54) is 30.2 Å². The van der Waals surface area contributed by atoms with Gasteiger partial charge in [0, 0.05) is 30.5 Å². The Kier molecular flexibility index (Phi) is 8.07. The number of nitrogens with one attached hydrogen (secondary N) is 3. The molecule has 1 heterocycles. The predicted molar refractivity (Wildman–Crippen MR) is 116 cm³/mol. The molecule has 2 aromatic rings. The molecule has 0 aliphatic carbocycles. The molecule has 0 saturated heterocycles. The summed E-state index contributed by atoms with van der Waals surface area (Å²) in [5.74, 6) is -0.541. The monoisotopic (exact) mass is 464 g/mol. The molecule has 0 spiro atoms. The number of rotatable bonds is 9. The fraction of sp³-hybridized carbons (Fsp3) is 0.316. The third-order valence-electron chi connectivity index (χ3n) is 4.27. The molecule has 0 aliphatic rings. The quantitative estimate of drug-likeness (QED) is 0.469. The van der Waals surface area contributed by atoms with Crippen molar-refractivity contribution < 1.29 is 27.5 Å². The SMILES string of the molecule is CCN(CC)C(=O)c1ccc(NC=O)cc1S(=O)(=O)NC(=O)Nc1nc(C)cc(OC)n1. The molecule has 4 amide bonds. The second-order valence-corrected chi connectivity index (χ2v) is 8.04. The van der Waals surface area contributed by atoms with E-state index in [4.69, 9.17) is 4.74 Å². The first-order valence-corrected chi connectivity index (χ1v) is 11.0. The summed E-state index contributed by atoms with van der Waals surface area (Å²) in [5, 5.41) is 4.54. The molecule has 0 bridgehead atoms. The summed E-state index contributed by atoms with van der Waals surface area (Å²) in [7, 11) is -3.14. The van der Waals surface area contributed by atoms with Gasteiger partial charge in [-0.25, -0.2) is 22.9 Å². The van der Waals surface area contributed by atoms with E-state index in [-0.39, 0.29) is 23.1 Å². The Hall–Kier alpha value is -3.74. The highest BCUT2D eigenvalue weighted by Crippen LogP contribution is 2.22. The Morgan fingerprint density at radius 3 is 2.44 bits per heavy atom. The maximum atomic E-state index is 13.0. The van der Waals surface area contributed by atoms with Crippen molar-refractivity contribution in [2.75, 3.05) is 30.8 Å². The zero-order valence-corrected chi connectivity index (χ0v) is 18.8. The van der Waals surface area contributed by atoms with Crippen molar-refractivity contribution in [1.82, 2.24) is 19.6 Å². The van der Waals surface area contributed by atoms with Gasteiger partial charge in [0.05, 0.1) is 12.7 Å². The lowest BCUT2D eigenvalue weighted by molar-refractivity contribution is -0.105. The van der Waals surface area contributed by atoms with Crippen LogP contribution in [-0.4, -0.2) is 61.8 Å². The lowest BCUT2D eigenvalue weighted by atomic mass is 10.1. The first-order chi connectivity index (χ1) is 15.1. The van der Waals surface area contributed by atoms with Crippen molar-refractivity contribution in [1.29, 1.82) is 0 Å². The Morgan fingerprint density at radius 1 is 1.16 bits per heavy atom. The molecule has 32 heavy (non-hydrogen) atoms. The van der Waals surface area contributed by atoms with Crippen LogP contribution in [0.2, 0.25) is 0 Å². The van der Waals surface area contributed by atoms with E-state index in [9.17, 15) is 22.8 Å². The molecule has 12 nitrogen and oxygen atoms in total. The molecule has 172 valence electrons. The molecule has 13 heteroatoms. The molecule has 0 unspecified atom stereocenters. The third-order valence-corrected chi connectivity index (χ3v) is 5.64. The van der Waals surface area contributed by atoms with Crippen LogP contribution < -0.4 is 20.1 Å². The van der Waals surface area contributed by atoms with Crippen molar-refractivity contribution in [2.45, 2.75) is 25.7 Å². The molecule has 2 rings (SSSR count). The van der Waals surface area contributed by atoms with Crippen LogP contribution in [0.4, 0.5) is 16.4 Å². The number of urea groups is 1. The first kappa shape index (κ1) is 24.5. The third kappa shape index (κ3) is 5.91. The summed E-state index contributed by atoms with van der Waals surface area (Å²) in [4.78, 5) is 44.8. The first-order valence-electron chi connectivity index (χ1n) is 9.52. The Bertz CT molecular complexity index is 1120. The Morgan fingerprint density at radius 2 is 1.84 bits per heavy atom. The number of sulfonamides is 1. The van der Waals surface area contributed by atoms with Crippen LogP contribution in [-0.2, 0) is 14.8 Å². The molecule has 0 aliphatic heterocycles. The average molecular weight is 465 g/mol.